The molecule has 0 aliphatic heterocycles. The Hall–Kier alpha value is -1.94. The second kappa shape index (κ2) is 6.12. The smallest absolute Gasteiger partial charge is 0.310 e. The Morgan fingerprint density at radius 2 is 2.28 bits per heavy atom. The van der Waals surface area contributed by atoms with Gasteiger partial charge in [-0.25, -0.2) is 0 Å². The summed E-state index contributed by atoms with van der Waals surface area (Å²) in [5, 5.41) is 19.8. The lowest BCUT2D eigenvalue weighted by atomic mass is 10.0. The molecule has 6 nitrogen and oxygen atoms in total. The summed E-state index contributed by atoms with van der Waals surface area (Å²) in [6.07, 6.45) is -0.182. The quantitative estimate of drug-likeness (QED) is 0.483. The molecule has 0 amide bonds. The number of nitrogens with zero attached hydrogens (tertiary/aromatic N) is 2. The van der Waals surface area contributed by atoms with Crippen molar-refractivity contribution in [1.29, 1.82) is 5.26 Å². The van der Waals surface area contributed by atoms with Gasteiger partial charge in [-0.05, 0) is 13.0 Å². The number of carbonyl (C=O) groups excluding carboxylic acids is 1. The highest BCUT2D eigenvalue weighted by Gasteiger charge is 2.21. The van der Waals surface area contributed by atoms with Crippen molar-refractivity contribution in [2.75, 3.05) is 6.61 Å². The number of benzene rings is 1. The van der Waals surface area contributed by atoms with E-state index in [0.29, 0.717) is 4.47 Å². The zero-order chi connectivity index (χ0) is 13.7. The average Bonchev–Trinajstić information content (AvgIpc) is 2.31. The Morgan fingerprint density at radius 1 is 1.61 bits per heavy atom. The number of nitriles is 1. The normalized spacial score (nSPS) is 9.61. The molecule has 0 aromatic heterocycles. The van der Waals surface area contributed by atoms with Crippen LogP contribution in [-0.4, -0.2) is 17.5 Å². The Labute approximate surface area is 111 Å². The highest BCUT2D eigenvalue weighted by Crippen LogP contribution is 2.28. The third-order valence-corrected chi connectivity index (χ3v) is 2.91. The second-order valence-electron chi connectivity index (χ2n) is 3.27. The summed E-state index contributed by atoms with van der Waals surface area (Å²) in [6.45, 7) is 1.87. The Balaban J connectivity index is 3.25. The van der Waals surface area contributed by atoms with Crippen LogP contribution < -0.4 is 0 Å². The number of halogens is 1. The van der Waals surface area contributed by atoms with E-state index in [1.165, 1.54) is 12.1 Å². The monoisotopic (exact) mass is 312 g/mol. The van der Waals surface area contributed by atoms with Crippen LogP contribution in [0.2, 0.25) is 0 Å². The third kappa shape index (κ3) is 3.05. The number of nitro benzene ring substituents is 1. The summed E-state index contributed by atoms with van der Waals surface area (Å²) < 4.78 is 5.23. The lowest BCUT2D eigenvalue weighted by Crippen LogP contribution is -2.10. The molecule has 1 aromatic carbocycles. The third-order valence-electron chi connectivity index (χ3n) is 2.17. The van der Waals surface area contributed by atoms with E-state index in [0.717, 1.165) is 0 Å². The molecule has 0 unspecified atom stereocenters. The van der Waals surface area contributed by atoms with Gasteiger partial charge in [0.25, 0.3) is 5.69 Å². The minimum absolute atomic E-state index is 0.123. The summed E-state index contributed by atoms with van der Waals surface area (Å²) in [7, 11) is 0. The number of hydrogen-bond donors (Lipinski definition) is 0. The predicted octanol–water partition coefficient (Wildman–Crippen LogP) is 2.33. The second-order valence-corrected chi connectivity index (χ2v) is 4.13. The van der Waals surface area contributed by atoms with Gasteiger partial charge in [0.2, 0.25) is 0 Å². The number of hydrogen-bond acceptors (Lipinski definition) is 5. The van der Waals surface area contributed by atoms with Crippen molar-refractivity contribution in [3.63, 3.8) is 0 Å². The predicted molar refractivity (Wildman–Crippen MR) is 65.8 cm³/mol. The zero-order valence-electron chi connectivity index (χ0n) is 9.47. The molecule has 18 heavy (non-hydrogen) atoms. The maximum atomic E-state index is 11.4. The highest BCUT2D eigenvalue weighted by atomic mass is 79.9. The SMILES string of the molecule is CCOC(=O)Cc1c(Br)ccc([N+](=O)[O-])c1C#N. The van der Waals surface area contributed by atoms with E-state index < -0.39 is 10.9 Å². The van der Waals surface area contributed by atoms with Crippen molar-refractivity contribution in [1.82, 2.24) is 0 Å². The molecule has 0 aliphatic carbocycles. The number of carbonyl (C=O) groups is 1. The molecule has 7 heteroatoms. The summed E-state index contributed by atoms with van der Waals surface area (Å²) in [4.78, 5) is 21.5. The largest absolute Gasteiger partial charge is 0.466 e. The number of nitro groups is 1. The Bertz CT molecular complexity index is 537. The van der Waals surface area contributed by atoms with Gasteiger partial charge in [0.1, 0.15) is 11.6 Å². The molecule has 1 aromatic rings. The van der Waals surface area contributed by atoms with Crippen molar-refractivity contribution in [2.24, 2.45) is 0 Å². The van der Waals surface area contributed by atoms with E-state index >= 15 is 0 Å². The van der Waals surface area contributed by atoms with Gasteiger partial charge in [-0.1, -0.05) is 15.9 Å². The van der Waals surface area contributed by atoms with Crippen molar-refractivity contribution >= 4 is 27.6 Å². The molecule has 0 saturated heterocycles. The van der Waals surface area contributed by atoms with E-state index in [4.69, 9.17) is 10.00 Å². The van der Waals surface area contributed by atoms with Crippen LogP contribution in [0.5, 0.6) is 0 Å². The van der Waals surface area contributed by atoms with Crippen molar-refractivity contribution in [3.05, 3.63) is 37.8 Å². The van der Waals surface area contributed by atoms with E-state index in [1.54, 1.807) is 13.0 Å². The van der Waals surface area contributed by atoms with Gasteiger partial charge < -0.3 is 4.74 Å². The molecule has 0 aliphatic rings. The van der Waals surface area contributed by atoms with Crippen molar-refractivity contribution in [3.8, 4) is 6.07 Å². The van der Waals surface area contributed by atoms with E-state index in [2.05, 4.69) is 15.9 Å². The van der Waals surface area contributed by atoms with Gasteiger partial charge in [0, 0.05) is 16.1 Å². The average molecular weight is 313 g/mol. The van der Waals surface area contributed by atoms with Crippen LogP contribution >= 0.6 is 15.9 Å². The van der Waals surface area contributed by atoms with Gasteiger partial charge in [0.15, 0.2) is 0 Å². The van der Waals surface area contributed by atoms with Gasteiger partial charge in [-0.15, -0.1) is 0 Å². The van der Waals surface area contributed by atoms with Crippen LogP contribution in [0.3, 0.4) is 0 Å². The molecule has 0 N–H and O–H groups in total. The molecule has 0 fully saturated rings. The summed E-state index contributed by atoms with van der Waals surface area (Å²) in [6, 6.07) is 4.41. The molecule has 0 heterocycles. The van der Waals surface area contributed by atoms with Crippen LogP contribution in [0.25, 0.3) is 0 Å². The molecule has 1 rings (SSSR count). The molecule has 94 valence electrons. The van der Waals surface area contributed by atoms with Crippen molar-refractivity contribution < 1.29 is 14.5 Å². The standard InChI is InChI=1S/C11H9BrN2O4/c1-2-18-11(15)5-7-8(6-13)10(14(16)17)4-3-9(7)12/h3-4H,2,5H2,1H3. The van der Waals surface area contributed by atoms with E-state index in [9.17, 15) is 14.9 Å². The van der Waals surface area contributed by atoms with Crippen molar-refractivity contribution in [2.45, 2.75) is 13.3 Å². The van der Waals surface area contributed by atoms with Crippen LogP contribution in [-0.2, 0) is 16.0 Å². The molecular formula is C11H9BrN2O4. The summed E-state index contributed by atoms with van der Waals surface area (Å²) in [5.74, 6) is -0.532. The first-order valence-electron chi connectivity index (χ1n) is 5.02. The molecule has 0 atom stereocenters. The first-order chi connectivity index (χ1) is 8.51. The van der Waals surface area contributed by atoms with Gasteiger partial charge in [-0.3, -0.25) is 14.9 Å². The Morgan fingerprint density at radius 3 is 2.78 bits per heavy atom. The van der Waals surface area contributed by atoms with Crippen LogP contribution in [0.1, 0.15) is 18.1 Å². The highest BCUT2D eigenvalue weighted by molar-refractivity contribution is 9.10. The molecule has 0 bridgehead atoms. The maximum Gasteiger partial charge on any atom is 0.310 e. The minimum Gasteiger partial charge on any atom is -0.466 e. The number of ether oxygens (including phenoxy) is 1. The van der Waals surface area contributed by atoms with Gasteiger partial charge in [-0.2, -0.15) is 5.26 Å². The fourth-order valence-corrected chi connectivity index (χ4v) is 1.89. The number of esters is 1. The summed E-state index contributed by atoms with van der Waals surface area (Å²) in [5.41, 5.74) is -0.174. The van der Waals surface area contributed by atoms with Gasteiger partial charge >= 0.3 is 5.97 Å². The zero-order valence-corrected chi connectivity index (χ0v) is 11.1. The topological polar surface area (TPSA) is 93.2 Å². The van der Waals surface area contributed by atoms with Gasteiger partial charge in [0.05, 0.1) is 18.0 Å². The maximum absolute atomic E-state index is 11.4. The molecular weight excluding hydrogens is 304 g/mol. The Kier molecular flexibility index (Phi) is 4.80. The fourth-order valence-electron chi connectivity index (χ4n) is 1.42. The lowest BCUT2D eigenvalue weighted by molar-refractivity contribution is -0.385. The van der Waals surface area contributed by atoms with Crippen LogP contribution in [0, 0.1) is 21.4 Å². The molecule has 0 saturated carbocycles. The fraction of sp³-hybridized carbons (Fsp3) is 0.273. The minimum atomic E-state index is -0.653. The van der Waals surface area contributed by atoms with Crippen LogP contribution in [0.15, 0.2) is 16.6 Å². The summed E-state index contributed by atoms with van der Waals surface area (Å²) >= 11 is 3.17. The van der Waals surface area contributed by atoms with E-state index in [-0.39, 0.29) is 29.8 Å². The first-order valence-corrected chi connectivity index (χ1v) is 5.82. The number of rotatable bonds is 4. The molecule has 0 spiro atoms. The van der Waals surface area contributed by atoms with Crippen LogP contribution in [0.4, 0.5) is 5.69 Å². The molecule has 0 radical (unpaired) electrons. The lowest BCUT2D eigenvalue weighted by Gasteiger charge is -2.07. The van der Waals surface area contributed by atoms with E-state index in [1.807, 2.05) is 0 Å². The first kappa shape index (κ1) is 14.1.